The van der Waals surface area contributed by atoms with E-state index in [1.807, 2.05) is 0 Å². The van der Waals surface area contributed by atoms with Crippen molar-refractivity contribution in [1.82, 2.24) is 0 Å². The smallest absolute Gasteiger partial charge is 0.263 e. The molecule has 0 amide bonds. The summed E-state index contributed by atoms with van der Waals surface area (Å²) in [6.07, 6.45) is -10.3. The van der Waals surface area contributed by atoms with Gasteiger partial charge >= 0.3 is 22.2 Å². The van der Waals surface area contributed by atoms with Crippen LogP contribution in [-0.4, -0.2) is 22.2 Å². The number of hydrogen-bond donors (Lipinski definition) is 0. The normalized spacial score (nSPS) is 31.7. The molecule has 0 aromatic carbocycles. The molecule has 84 valence electrons. The zero-order chi connectivity index (χ0) is 11.4. The molecule has 1 rings (SSSR count). The van der Waals surface area contributed by atoms with Crippen molar-refractivity contribution in [3.05, 3.63) is 0 Å². The molecule has 0 spiro atoms. The Bertz CT molecular complexity index is 251. The number of halogens is 8. The number of alkyl halides is 8. The van der Waals surface area contributed by atoms with E-state index in [1.54, 1.807) is 0 Å². The molecule has 1 aliphatic rings. The number of ether oxygens (including phenoxy) is 2. The predicted molar refractivity (Wildman–Crippen MR) is 34.9 cm³/mol. The van der Waals surface area contributed by atoms with E-state index in [0.29, 0.717) is 0 Å². The molecule has 0 N–H and O–H groups in total. The zero-order valence-corrected chi connectivity index (χ0v) is 8.00. The summed E-state index contributed by atoms with van der Waals surface area (Å²) in [4.78, 5) is 0. The Hall–Kier alpha value is 0.160. The number of epoxide rings is 1. The van der Waals surface area contributed by atoms with Gasteiger partial charge in [-0.25, -0.2) is 4.74 Å². The van der Waals surface area contributed by atoms with Crippen LogP contribution in [0.4, 0.5) is 30.7 Å². The molecular formula is C4F7IO2. The second kappa shape index (κ2) is 2.84. The van der Waals surface area contributed by atoms with Gasteiger partial charge in [0.25, 0.3) is 0 Å². The lowest BCUT2D eigenvalue weighted by molar-refractivity contribution is -0.373. The van der Waals surface area contributed by atoms with Crippen LogP contribution in [0.2, 0.25) is 0 Å². The summed E-state index contributed by atoms with van der Waals surface area (Å²) in [7, 11) is 0. The van der Waals surface area contributed by atoms with Crippen molar-refractivity contribution in [2.45, 2.75) is 22.2 Å². The van der Waals surface area contributed by atoms with Crippen LogP contribution < -0.4 is 0 Å². The monoisotopic (exact) mass is 340 g/mol. The van der Waals surface area contributed by atoms with Crippen molar-refractivity contribution < 1.29 is 40.2 Å². The van der Waals surface area contributed by atoms with Gasteiger partial charge in [0.2, 0.25) is 0 Å². The maximum Gasteiger partial charge on any atom is 0.429 e. The summed E-state index contributed by atoms with van der Waals surface area (Å²) in [6, 6.07) is 0. The Morgan fingerprint density at radius 2 is 1.43 bits per heavy atom. The molecular weight excluding hydrogens is 340 g/mol. The lowest BCUT2D eigenvalue weighted by Gasteiger charge is -2.19. The first kappa shape index (κ1) is 12.2. The quantitative estimate of drug-likeness (QED) is 0.341. The van der Waals surface area contributed by atoms with Crippen LogP contribution in [0.15, 0.2) is 0 Å². The minimum Gasteiger partial charge on any atom is -0.263 e. The molecule has 1 heterocycles. The Labute approximate surface area is 85.5 Å². The van der Waals surface area contributed by atoms with Gasteiger partial charge in [-0.05, 0) is 0 Å². The van der Waals surface area contributed by atoms with E-state index in [1.165, 1.54) is 0 Å². The van der Waals surface area contributed by atoms with Gasteiger partial charge in [-0.2, -0.15) is 30.7 Å². The Morgan fingerprint density at radius 3 is 1.64 bits per heavy atom. The van der Waals surface area contributed by atoms with Crippen LogP contribution in [0, 0.1) is 0 Å². The van der Waals surface area contributed by atoms with Crippen molar-refractivity contribution in [3.63, 3.8) is 0 Å². The third-order valence-corrected chi connectivity index (χ3v) is 1.44. The third-order valence-electron chi connectivity index (χ3n) is 1.22. The summed E-state index contributed by atoms with van der Waals surface area (Å²) < 4.78 is 85.1. The molecule has 0 aromatic heterocycles. The molecule has 1 fully saturated rings. The minimum absolute atomic E-state index is 0.0788. The Kier molecular flexibility index (Phi) is 2.48. The van der Waals surface area contributed by atoms with Crippen molar-refractivity contribution in [2.24, 2.45) is 0 Å². The SMILES string of the molecule is FC(F)(I)OC(F)(F)C1(F)OC1(F)F. The molecule has 2 nitrogen and oxygen atoms in total. The van der Waals surface area contributed by atoms with E-state index in [-0.39, 0.29) is 22.6 Å². The van der Waals surface area contributed by atoms with Gasteiger partial charge in [0, 0.05) is 22.6 Å². The summed E-state index contributed by atoms with van der Waals surface area (Å²) in [5, 5.41) is 0. The van der Waals surface area contributed by atoms with Crippen LogP contribution in [-0.2, 0) is 9.47 Å². The summed E-state index contributed by atoms with van der Waals surface area (Å²) in [5.41, 5.74) is 0. The molecule has 10 heteroatoms. The lowest BCUT2D eigenvalue weighted by Crippen LogP contribution is -2.43. The van der Waals surface area contributed by atoms with Gasteiger partial charge in [-0.15, -0.1) is 0 Å². The molecule has 1 aliphatic heterocycles. The highest BCUT2D eigenvalue weighted by Crippen LogP contribution is 2.61. The topological polar surface area (TPSA) is 21.8 Å². The van der Waals surface area contributed by atoms with Gasteiger partial charge in [0.05, 0.1) is 0 Å². The molecule has 0 aliphatic carbocycles. The maximum absolute atomic E-state index is 12.4. The van der Waals surface area contributed by atoms with Crippen LogP contribution in [0.25, 0.3) is 0 Å². The van der Waals surface area contributed by atoms with E-state index < -0.39 is 22.2 Å². The molecule has 1 saturated heterocycles. The lowest BCUT2D eigenvalue weighted by atomic mass is 10.4. The molecule has 1 atom stereocenters. The highest BCUT2D eigenvalue weighted by atomic mass is 127. The average molecular weight is 340 g/mol. The van der Waals surface area contributed by atoms with Crippen LogP contribution in [0.5, 0.6) is 0 Å². The third kappa shape index (κ3) is 1.91. The van der Waals surface area contributed by atoms with E-state index in [0.717, 1.165) is 0 Å². The molecule has 0 radical (unpaired) electrons. The highest BCUT2D eigenvalue weighted by Gasteiger charge is 2.90. The van der Waals surface area contributed by atoms with Crippen LogP contribution >= 0.6 is 22.6 Å². The van der Waals surface area contributed by atoms with E-state index in [4.69, 9.17) is 0 Å². The molecule has 0 saturated carbocycles. The van der Waals surface area contributed by atoms with Crippen molar-refractivity contribution in [1.29, 1.82) is 0 Å². The van der Waals surface area contributed by atoms with Gasteiger partial charge < -0.3 is 0 Å². The fraction of sp³-hybridized carbons (Fsp3) is 1.00. The maximum atomic E-state index is 12.4. The highest BCUT2D eigenvalue weighted by molar-refractivity contribution is 14.1. The molecule has 1 unspecified atom stereocenters. The second-order valence-corrected chi connectivity index (χ2v) is 3.53. The fourth-order valence-corrected chi connectivity index (χ4v) is 0.867. The van der Waals surface area contributed by atoms with E-state index >= 15 is 0 Å². The summed E-state index contributed by atoms with van der Waals surface area (Å²) in [5.74, 6) is -4.82. The van der Waals surface area contributed by atoms with Crippen molar-refractivity contribution >= 4 is 22.6 Å². The number of hydrogen-bond acceptors (Lipinski definition) is 2. The van der Waals surface area contributed by atoms with Gasteiger partial charge in [-0.3, -0.25) is 4.74 Å². The number of rotatable bonds is 3. The van der Waals surface area contributed by atoms with Crippen molar-refractivity contribution in [3.8, 4) is 0 Å². The van der Waals surface area contributed by atoms with Gasteiger partial charge in [0.15, 0.2) is 0 Å². The molecule has 0 aromatic rings. The van der Waals surface area contributed by atoms with E-state index in [9.17, 15) is 30.7 Å². The van der Waals surface area contributed by atoms with Crippen molar-refractivity contribution in [2.75, 3.05) is 0 Å². The molecule has 14 heavy (non-hydrogen) atoms. The molecule has 0 bridgehead atoms. The largest absolute Gasteiger partial charge is 0.429 e. The fourth-order valence-electron chi connectivity index (χ4n) is 0.591. The zero-order valence-electron chi connectivity index (χ0n) is 5.84. The van der Waals surface area contributed by atoms with E-state index in [2.05, 4.69) is 9.47 Å². The first-order valence-electron chi connectivity index (χ1n) is 2.83. The van der Waals surface area contributed by atoms with Crippen LogP contribution in [0.3, 0.4) is 0 Å². The standard InChI is InChI=1S/C4F7IO2/c5-1(2(6,7)13-1)3(8,9)14-4(10,11)12. The second-order valence-electron chi connectivity index (χ2n) is 2.28. The summed E-state index contributed by atoms with van der Waals surface area (Å²) in [6.45, 7) is 0. The first-order valence-corrected chi connectivity index (χ1v) is 3.91. The first-order chi connectivity index (χ1) is 5.91. The van der Waals surface area contributed by atoms with Crippen LogP contribution in [0.1, 0.15) is 0 Å². The Balaban J connectivity index is 2.78. The summed E-state index contributed by atoms with van der Waals surface area (Å²) >= 11 is 0.0788. The van der Waals surface area contributed by atoms with Gasteiger partial charge in [0.1, 0.15) is 0 Å². The van der Waals surface area contributed by atoms with Gasteiger partial charge in [-0.1, -0.05) is 0 Å². The Morgan fingerprint density at radius 1 is 1.07 bits per heavy atom. The minimum atomic E-state index is -5.43. The predicted octanol–water partition coefficient (Wildman–Crippen LogP) is 2.87. The average Bonchev–Trinajstić information content (AvgIpc) is 2.26.